The third kappa shape index (κ3) is 4.56. The normalized spacial score (nSPS) is 15.5. The molecule has 3 aromatic rings. The number of fused-ring (bicyclic) bond motifs is 1. The van der Waals surface area contributed by atoms with Gasteiger partial charge in [0.05, 0.1) is 18.0 Å². The van der Waals surface area contributed by atoms with Gasteiger partial charge in [-0.25, -0.2) is 19.2 Å². The SMILES string of the molecule is CCOC(=O)c1cn(N[C@H]2CCN(C(=O)OCc3ccccc3)C2)c2ncccc2c1=O. The smallest absolute Gasteiger partial charge is 0.410 e. The highest BCUT2D eigenvalue weighted by Gasteiger charge is 2.28. The molecule has 3 heterocycles. The summed E-state index contributed by atoms with van der Waals surface area (Å²) in [4.78, 5) is 43.4. The molecule has 1 aromatic carbocycles. The van der Waals surface area contributed by atoms with E-state index in [1.807, 2.05) is 30.3 Å². The third-order valence-corrected chi connectivity index (χ3v) is 5.23. The minimum absolute atomic E-state index is 0.0722. The minimum Gasteiger partial charge on any atom is -0.462 e. The number of pyridine rings is 2. The summed E-state index contributed by atoms with van der Waals surface area (Å²) in [6, 6.07) is 12.6. The van der Waals surface area contributed by atoms with Crippen molar-refractivity contribution in [3.63, 3.8) is 0 Å². The average molecular weight is 436 g/mol. The van der Waals surface area contributed by atoms with Gasteiger partial charge >= 0.3 is 12.1 Å². The molecular formula is C23H24N4O5. The van der Waals surface area contributed by atoms with Crippen molar-refractivity contribution in [3.8, 4) is 0 Å². The number of ether oxygens (including phenoxy) is 2. The molecule has 0 unspecified atom stereocenters. The van der Waals surface area contributed by atoms with Gasteiger partial charge in [0.2, 0.25) is 5.43 Å². The summed E-state index contributed by atoms with van der Waals surface area (Å²) in [7, 11) is 0. The van der Waals surface area contributed by atoms with Gasteiger partial charge in [0.1, 0.15) is 12.2 Å². The van der Waals surface area contributed by atoms with Crippen molar-refractivity contribution in [2.75, 3.05) is 25.1 Å². The second-order valence-electron chi connectivity index (χ2n) is 7.44. The number of benzene rings is 1. The Morgan fingerprint density at radius 3 is 2.75 bits per heavy atom. The van der Waals surface area contributed by atoms with E-state index in [1.165, 1.54) is 6.20 Å². The summed E-state index contributed by atoms with van der Waals surface area (Å²) < 4.78 is 12.0. The topological polar surface area (TPSA) is 103 Å². The highest BCUT2D eigenvalue weighted by atomic mass is 16.6. The number of carbonyl (C=O) groups excluding carboxylic acids is 2. The lowest BCUT2D eigenvalue weighted by molar-refractivity contribution is 0.0524. The van der Waals surface area contributed by atoms with E-state index in [9.17, 15) is 14.4 Å². The lowest BCUT2D eigenvalue weighted by atomic mass is 10.2. The molecule has 9 nitrogen and oxygen atoms in total. The minimum atomic E-state index is -0.684. The predicted octanol–water partition coefficient (Wildman–Crippen LogP) is 2.53. The van der Waals surface area contributed by atoms with E-state index in [-0.39, 0.29) is 30.9 Å². The van der Waals surface area contributed by atoms with Crippen LogP contribution in [0.1, 0.15) is 29.3 Å². The van der Waals surface area contributed by atoms with E-state index in [2.05, 4.69) is 10.4 Å². The van der Waals surface area contributed by atoms with Crippen molar-refractivity contribution < 1.29 is 19.1 Å². The average Bonchev–Trinajstić information content (AvgIpc) is 3.29. The fourth-order valence-corrected chi connectivity index (χ4v) is 3.65. The van der Waals surface area contributed by atoms with Crippen LogP contribution in [0.5, 0.6) is 0 Å². The molecule has 0 bridgehead atoms. The fraction of sp³-hybridized carbons (Fsp3) is 0.304. The van der Waals surface area contributed by atoms with Crippen molar-refractivity contribution in [1.29, 1.82) is 0 Å². The van der Waals surface area contributed by atoms with E-state index < -0.39 is 11.4 Å². The van der Waals surface area contributed by atoms with Gasteiger partial charge in [0.25, 0.3) is 0 Å². The van der Waals surface area contributed by atoms with Gasteiger partial charge in [-0.2, -0.15) is 0 Å². The molecule has 0 spiro atoms. The number of aromatic nitrogens is 2. The van der Waals surface area contributed by atoms with Crippen molar-refractivity contribution in [2.24, 2.45) is 0 Å². The summed E-state index contributed by atoms with van der Waals surface area (Å²) in [6.45, 7) is 3.01. The molecule has 1 aliphatic heterocycles. The maximum absolute atomic E-state index is 12.7. The number of nitrogens with one attached hydrogen (secondary N) is 1. The third-order valence-electron chi connectivity index (χ3n) is 5.23. The van der Waals surface area contributed by atoms with Crippen LogP contribution in [0, 0.1) is 0 Å². The largest absolute Gasteiger partial charge is 0.462 e. The molecule has 1 amide bonds. The second kappa shape index (κ2) is 9.51. The van der Waals surface area contributed by atoms with Crippen molar-refractivity contribution >= 4 is 23.1 Å². The molecule has 4 rings (SSSR count). The first-order chi connectivity index (χ1) is 15.6. The van der Waals surface area contributed by atoms with E-state index in [0.717, 1.165) is 5.56 Å². The number of nitrogens with zero attached hydrogens (tertiary/aromatic N) is 3. The van der Waals surface area contributed by atoms with Crippen LogP contribution in [0.3, 0.4) is 0 Å². The Hall–Kier alpha value is -3.88. The summed E-state index contributed by atoms with van der Waals surface area (Å²) in [5, 5.41) is 0.308. The van der Waals surface area contributed by atoms with Crippen LogP contribution in [0.4, 0.5) is 4.79 Å². The molecule has 9 heteroatoms. The second-order valence-corrected chi connectivity index (χ2v) is 7.44. The van der Waals surface area contributed by atoms with Gasteiger partial charge in [0.15, 0.2) is 5.65 Å². The standard InChI is InChI=1S/C23H24N4O5/c1-2-31-22(29)19-14-27(21-18(20(19)28)9-6-11-24-21)25-17-10-12-26(13-17)23(30)32-15-16-7-4-3-5-8-16/h3-9,11,14,17,25H,2,10,12-13,15H2,1H3/t17-/m0/s1. The van der Waals surface area contributed by atoms with Crippen molar-refractivity contribution in [3.05, 3.63) is 76.2 Å². The van der Waals surface area contributed by atoms with Crippen LogP contribution >= 0.6 is 0 Å². The Morgan fingerprint density at radius 1 is 1.16 bits per heavy atom. The molecule has 2 aromatic heterocycles. The first kappa shape index (κ1) is 21.4. The molecule has 0 aliphatic carbocycles. The predicted molar refractivity (Wildman–Crippen MR) is 118 cm³/mol. The summed E-state index contributed by atoms with van der Waals surface area (Å²) in [5.74, 6) is -0.684. The molecule has 1 aliphatic rings. The number of amides is 1. The van der Waals surface area contributed by atoms with Crippen LogP contribution in [0.25, 0.3) is 11.0 Å². The Balaban J connectivity index is 1.48. The van der Waals surface area contributed by atoms with Gasteiger partial charge in [-0.05, 0) is 31.0 Å². The summed E-state index contributed by atoms with van der Waals surface area (Å²) >= 11 is 0. The molecule has 1 fully saturated rings. The Labute approximate surface area is 184 Å². The lowest BCUT2D eigenvalue weighted by Crippen LogP contribution is -2.35. The van der Waals surface area contributed by atoms with Crippen LogP contribution in [0.15, 0.2) is 59.7 Å². The van der Waals surface area contributed by atoms with Crippen LogP contribution < -0.4 is 10.9 Å². The fourth-order valence-electron chi connectivity index (χ4n) is 3.65. The van der Waals surface area contributed by atoms with Crippen molar-refractivity contribution in [1.82, 2.24) is 14.6 Å². The van der Waals surface area contributed by atoms with Gasteiger partial charge in [-0.15, -0.1) is 0 Å². The number of carbonyl (C=O) groups is 2. The molecule has 166 valence electrons. The zero-order valence-electron chi connectivity index (χ0n) is 17.7. The Kier molecular flexibility index (Phi) is 6.34. The van der Waals surface area contributed by atoms with Gasteiger partial charge < -0.3 is 19.8 Å². The number of hydrogen-bond acceptors (Lipinski definition) is 7. The van der Waals surface area contributed by atoms with Gasteiger partial charge in [-0.1, -0.05) is 30.3 Å². The highest BCUT2D eigenvalue weighted by molar-refractivity contribution is 5.93. The van der Waals surface area contributed by atoms with Crippen LogP contribution in [-0.4, -0.2) is 52.4 Å². The van der Waals surface area contributed by atoms with Crippen LogP contribution in [0.2, 0.25) is 0 Å². The number of hydrogen-bond donors (Lipinski definition) is 1. The van der Waals surface area contributed by atoms with E-state index >= 15 is 0 Å². The Morgan fingerprint density at radius 2 is 1.97 bits per heavy atom. The molecule has 0 radical (unpaired) electrons. The maximum atomic E-state index is 12.7. The quantitative estimate of drug-likeness (QED) is 0.592. The monoisotopic (exact) mass is 436 g/mol. The molecule has 0 saturated carbocycles. The van der Waals surface area contributed by atoms with Crippen LogP contribution in [-0.2, 0) is 16.1 Å². The molecule has 1 saturated heterocycles. The van der Waals surface area contributed by atoms with Crippen molar-refractivity contribution in [2.45, 2.75) is 26.0 Å². The zero-order valence-corrected chi connectivity index (χ0v) is 17.7. The zero-order chi connectivity index (χ0) is 22.5. The molecular weight excluding hydrogens is 412 g/mol. The molecule has 1 atom stereocenters. The highest BCUT2D eigenvalue weighted by Crippen LogP contribution is 2.15. The van der Waals surface area contributed by atoms with E-state index in [1.54, 1.807) is 34.8 Å². The number of esters is 1. The first-order valence-corrected chi connectivity index (χ1v) is 10.5. The summed E-state index contributed by atoms with van der Waals surface area (Å²) in [6.07, 6.45) is 3.28. The first-order valence-electron chi connectivity index (χ1n) is 10.5. The van der Waals surface area contributed by atoms with E-state index in [0.29, 0.717) is 30.5 Å². The molecule has 1 N–H and O–H groups in total. The number of rotatable bonds is 6. The van der Waals surface area contributed by atoms with E-state index in [4.69, 9.17) is 9.47 Å². The van der Waals surface area contributed by atoms with Gasteiger partial charge in [-0.3, -0.25) is 4.79 Å². The van der Waals surface area contributed by atoms with Gasteiger partial charge in [0, 0.05) is 25.5 Å². The maximum Gasteiger partial charge on any atom is 0.410 e. The molecule has 32 heavy (non-hydrogen) atoms. The lowest BCUT2D eigenvalue weighted by Gasteiger charge is -2.20. The summed E-state index contributed by atoms with van der Waals surface area (Å²) in [5.41, 5.74) is 4.09. The number of likely N-dealkylation sites (tertiary alicyclic amines) is 1. The Bertz CT molecular complexity index is 1180.